The van der Waals surface area contributed by atoms with E-state index in [-0.39, 0.29) is 11.7 Å². The molecule has 0 spiro atoms. The van der Waals surface area contributed by atoms with Crippen molar-refractivity contribution in [2.75, 3.05) is 11.1 Å². The zero-order valence-corrected chi connectivity index (χ0v) is 18.3. The number of carbonyl (C=O) groups is 1. The third-order valence-corrected chi connectivity index (χ3v) is 6.03. The number of nitrogens with zero attached hydrogens (tertiary/aromatic N) is 4. The van der Waals surface area contributed by atoms with Crippen LogP contribution in [-0.2, 0) is 17.8 Å². The Bertz CT molecular complexity index is 907. The van der Waals surface area contributed by atoms with Gasteiger partial charge >= 0.3 is 0 Å². The first kappa shape index (κ1) is 20.0. The SMILES string of the molecule is CCCn1c(CC)nnc1SCC(=O)Nc1nc(-c2ccc(Br)cc2)cs1. The van der Waals surface area contributed by atoms with Crippen molar-refractivity contribution in [2.45, 2.75) is 38.4 Å². The minimum atomic E-state index is -0.0965. The molecule has 1 N–H and O–H groups in total. The predicted molar refractivity (Wildman–Crippen MR) is 114 cm³/mol. The zero-order valence-electron chi connectivity index (χ0n) is 15.1. The van der Waals surface area contributed by atoms with Crippen LogP contribution >= 0.6 is 39.0 Å². The lowest BCUT2D eigenvalue weighted by Gasteiger charge is -2.07. The molecule has 1 amide bonds. The maximum absolute atomic E-state index is 12.3. The van der Waals surface area contributed by atoms with Gasteiger partial charge in [0.1, 0.15) is 5.82 Å². The van der Waals surface area contributed by atoms with E-state index in [1.165, 1.54) is 23.1 Å². The molecule has 2 aromatic heterocycles. The molecule has 0 bridgehead atoms. The third kappa shape index (κ3) is 5.18. The second kappa shape index (κ2) is 9.48. The Balaban J connectivity index is 1.59. The molecule has 0 saturated heterocycles. The highest BCUT2D eigenvalue weighted by atomic mass is 79.9. The summed E-state index contributed by atoms with van der Waals surface area (Å²) in [6, 6.07) is 7.93. The summed E-state index contributed by atoms with van der Waals surface area (Å²) in [6.45, 7) is 5.04. The van der Waals surface area contributed by atoms with Gasteiger partial charge in [0.25, 0.3) is 0 Å². The highest BCUT2D eigenvalue weighted by Crippen LogP contribution is 2.26. The average molecular weight is 466 g/mol. The quantitative estimate of drug-likeness (QED) is 0.480. The highest BCUT2D eigenvalue weighted by molar-refractivity contribution is 9.10. The molecule has 0 aliphatic carbocycles. The van der Waals surface area contributed by atoms with Crippen LogP contribution in [0.2, 0.25) is 0 Å². The number of anilines is 1. The summed E-state index contributed by atoms with van der Waals surface area (Å²) in [5.74, 6) is 1.14. The smallest absolute Gasteiger partial charge is 0.236 e. The summed E-state index contributed by atoms with van der Waals surface area (Å²) in [5, 5.41) is 14.6. The molecule has 27 heavy (non-hydrogen) atoms. The Morgan fingerprint density at radius 3 is 2.74 bits per heavy atom. The van der Waals surface area contributed by atoms with Crippen LogP contribution < -0.4 is 5.32 Å². The van der Waals surface area contributed by atoms with Gasteiger partial charge in [-0.3, -0.25) is 4.79 Å². The second-order valence-corrected chi connectivity index (χ2v) is 8.50. The summed E-state index contributed by atoms with van der Waals surface area (Å²) in [7, 11) is 0. The molecule has 0 radical (unpaired) electrons. The predicted octanol–water partition coefficient (Wildman–Crippen LogP) is 4.87. The highest BCUT2D eigenvalue weighted by Gasteiger charge is 2.14. The van der Waals surface area contributed by atoms with Crippen LogP contribution in [0.3, 0.4) is 0 Å². The minimum Gasteiger partial charge on any atom is -0.306 e. The molecular weight excluding hydrogens is 446 g/mol. The first-order chi connectivity index (χ1) is 13.1. The van der Waals surface area contributed by atoms with E-state index in [9.17, 15) is 4.79 Å². The molecule has 2 heterocycles. The molecule has 0 aliphatic heterocycles. The molecule has 142 valence electrons. The number of halogens is 1. The molecule has 0 atom stereocenters. The van der Waals surface area contributed by atoms with E-state index in [0.717, 1.165) is 46.1 Å². The normalized spacial score (nSPS) is 10.9. The van der Waals surface area contributed by atoms with Gasteiger partial charge in [-0.25, -0.2) is 4.98 Å². The van der Waals surface area contributed by atoms with Gasteiger partial charge in [0.15, 0.2) is 10.3 Å². The molecule has 0 saturated carbocycles. The minimum absolute atomic E-state index is 0.0965. The van der Waals surface area contributed by atoms with Crippen molar-refractivity contribution < 1.29 is 4.79 Å². The number of aryl methyl sites for hydroxylation is 1. The fourth-order valence-corrected chi connectivity index (χ4v) is 4.29. The molecule has 3 aromatic rings. The van der Waals surface area contributed by atoms with E-state index < -0.39 is 0 Å². The largest absolute Gasteiger partial charge is 0.306 e. The van der Waals surface area contributed by atoms with Crippen LogP contribution in [0.1, 0.15) is 26.1 Å². The summed E-state index contributed by atoms with van der Waals surface area (Å²) >= 11 is 6.25. The lowest BCUT2D eigenvalue weighted by Crippen LogP contribution is -2.14. The number of amides is 1. The van der Waals surface area contributed by atoms with Crippen molar-refractivity contribution in [2.24, 2.45) is 0 Å². The Hall–Kier alpha value is -1.71. The van der Waals surface area contributed by atoms with Crippen LogP contribution in [0.5, 0.6) is 0 Å². The standard InChI is InChI=1S/C18H20BrN5OS2/c1-3-9-24-15(4-2)22-23-18(24)27-11-16(25)21-17-20-14(10-26-17)12-5-7-13(19)8-6-12/h5-8,10H,3-4,9,11H2,1-2H3,(H,20,21,25). The van der Waals surface area contributed by atoms with Crippen molar-refractivity contribution in [1.29, 1.82) is 0 Å². The maximum atomic E-state index is 12.3. The first-order valence-electron chi connectivity index (χ1n) is 8.66. The third-order valence-electron chi connectivity index (χ3n) is 3.78. The van der Waals surface area contributed by atoms with E-state index in [1.807, 2.05) is 29.6 Å². The van der Waals surface area contributed by atoms with Crippen molar-refractivity contribution in [3.8, 4) is 11.3 Å². The Labute approximate surface area is 174 Å². The van der Waals surface area contributed by atoms with Crippen molar-refractivity contribution in [1.82, 2.24) is 19.7 Å². The van der Waals surface area contributed by atoms with Gasteiger partial charge < -0.3 is 9.88 Å². The van der Waals surface area contributed by atoms with E-state index in [2.05, 4.69) is 54.8 Å². The first-order valence-corrected chi connectivity index (χ1v) is 11.3. The zero-order chi connectivity index (χ0) is 19.2. The van der Waals surface area contributed by atoms with Crippen LogP contribution in [0, 0.1) is 0 Å². The van der Waals surface area contributed by atoms with E-state index >= 15 is 0 Å². The number of nitrogens with one attached hydrogen (secondary N) is 1. The summed E-state index contributed by atoms with van der Waals surface area (Å²) in [4.78, 5) is 16.8. The average Bonchev–Trinajstić information content (AvgIpc) is 3.28. The molecule has 0 aliphatic rings. The fraction of sp³-hybridized carbons (Fsp3) is 0.333. The second-order valence-electron chi connectivity index (χ2n) is 5.79. The number of thiazole rings is 1. The lowest BCUT2D eigenvalue weighted by atomic mass is 10.2. The van der Waals surface area contributed by atoms with Gasteiger partial charge in [-0.2, -0.15) is 0 Å². The number of carbonyl (C=O) groups excluding carboxylic acids is 1. The topological polar surface area (TPSA) is 72.7 Å². The van der Waals surface area contributed by atoms with Crippen molar-refractivity contribution in [3.05, 3.63) is 39.9 Å². The molecule has 0 fully saturated rings. The molecule has 9 heteroatoms. The van der Waals surface area contributed by atoms with Crippen LogP contribution in [0.4, 0.5) is 5.13 Å². The van der Waals surface area contributed by atoms with Gasteiger partial charge in [0, 0.05) is 28.4 Å². The van der Waals surface area contributed by atoms with Gasteiger partial charge in [0.05, 0.1) is 11.4 Å². The Morgan fingerprint density at radius 1 is 1.26 bits per heavy atom. The van der Waals surface area contributed by atoms with Crippen molar-refractivity contribution >= 4 is 50.1 Å². The fourth-order valence-electron chi connectivity index (χ4n) is 2.51. The maximum Gasteiger partial charge on any atom is 0.236 e. The molecular formula is C18H20BrN5OS2. The number of aromatic nitrogens is 4. The van der Waals surface area contributed by atoms with E-state index in [4.69, 9.17) is 0 Å². The van der Waals surface area contributed by atoms with Gasteiger partial charge in [-0.05, 0) is 18.6 Å². The van der Waals surface area contributed by atoms with Crippen LogP contribution in [-0.4, -0.2) is 31.4 Å². The number of hydrogen-bond donors (Lipinski definition) is 1. The monoisotopic (exact) mass is 465 g/mol. The molecule has 0 unspecified atom stereocenters. The van der Waals surface area contributed by atoms with Gasteiger partial charge in [0.2, 0.25) is 5.91 Å². The number of benzene rings is 1. The number of rotatable bonds is 8. The van der Waals surface area contributed by atoms with Crippen molar-refractivity contribution in [3.63, 3.8) is 0 Å². The number of thioether (sulfide) groups is 1. The number of hydrogen-bond acceptors (Lipinski definition) is 6. The Kier molecular flexibility index (Phi) is 7.03. The van der Waals surface area contributed by atoms with Crippen LogP contribution in [0.25, 0.3) is 11.3 Å². The molecule has 3 rings (SSSR count). The Morgan fingerprint density at radius 2 is 2.04 bits per heavy atom. The molecule has 6 nitrogen and oxygen atoms in total. The summed E-state index contributed by atoms with van der Waals surface area (Å²) in [5.41, 5.74) is 1.87. The lowest BCUT2D eigenvalue weighted by molar-refractivity contribution is -0.113. The van der Waals surface area contributed by atoms with Gasteiger partial charge in [-0.15, -0.1) is 21.5 Å². The summed E-state index contributed by atoms with van der Waals surface area (Å²) in [6.07, 6.45) is 1.83. The van der Waals surface area contributed by atoms with E-state index in [1.54, 1.807) is 0 Å². The van der Waals surface area contributed by atoms with E-state index in [0.29, 0.717) is 5.13 Å². The molecule has 1 aromatic carbocycles. The van der Waals surface area contributed by atoms with Gasteiger partial charge in [-0.1, -0.05) is 53.7 Å². The summed E-state index contributed by atoms with van der Waals surface area (Å²) < 4.78 is 3.11. The van der Waals surface area contributed by atoms with Crippen LogP contribution in [0.15, 0.2) is 39.3 Å².